The maximum atomic E-state index is 11.7. The smallest absolute Gasteiger partial charge is 0.317 e. The number of rotatable bonds is 2. The molecule has 0 aromatic carbocycles. The molecule has 0 radical (unpaired) electrons. The number of aromatic nitrogens is 1. The summed E-state index contributed by atoms with van der Waals surface area (Å²) in [5, 5.41) is 6.63. The molecule has 1 aliphatic rings. The molecule has 0 bridgehead atoms. The molecule has 2 rings (SSSR count). The first-order valence-electron chi connectivity index (χ1n) is 5.25. The summed E-state index contributed by atoms with van der Waals surface area (Å²) in [5.41, 5.74) is 2.07. The van der Waals surface area contributed by atoms with Crippen LogP contribution in [0.4, 0.5) is 4.79 Å². The fourth-order valence-corrected chi connectivity index (χ4v) is 1.91. The van der Waals surface area contributed by atoms with E-state index in [4.69, 9.17) is 16.1 Å². The summed E-state index contributed by atoms with van der Waals surface area (Å²) in [7, 11) is 0. The van der Waals surface area contributed by atoms with Gasteiger partial charge in [-0.05, 0) is 13.3 Å². The molecular formula is C10H14ClN3O2. The van der Waals surface area contributed by atoms with Crippen molar-refractivity contribution in [2.45, 2.75) is 19.9 Å². The summed E-state index contributed by atoms with van der Waals surface area (Å²) in [6.07, 6.45) is 0.805. The lowest BCUT2D eigenvalue weighted by molar-refractivity contribution is 0.184. The van der Waals surface area contributed by atoms with Crippen LogP contribution in [0.2, 0.25) is 0 Å². The van der Waals surface area contributed by atoms with Crippen molar-refractivity contribution < 1.29 is 9.32 Å². The van der Waals surface area contributed by atoms with Crippen molar-refractivity contribution in [2.24, 2.45) is 0 Å². The quantitative estimate of drug-likeness (QED) is 0.797. The van der Waals surface area contributed by atoms with Gasteiger partial charge in [0.05, 0.1) is 12.2 Å². The van der Waals surface area contributed by atoms with Crippen LogP contribution in [0.1, 0.15) is 17.0 Å². The Kier molecular flexibility index (Phi) is 3.33. The first kappa shape index (κ1) is 11.3. The molecule has 0 fully saturated rings. The first-order valence-corrected chi connectivity index (χ1v) is 5.78. The minimum absolute atomic E-state index is 0.0969. The monoisotopic (exact) mass is 243 g/mol. The van der Waals surface area contributed by atoms with Crippen molar-refractivity contribution in [2.75, 3.05) is 19.0 Å². The molecule has 0 atom stereocenters. The summed E-state index contributed by atoms with van der Waals surface area (Å²) in [5.74, 6) is 1.22. The predicted molar refractivity (Wildman–Crippen MR) is 59.5 cm³/mol. The Morgan fingerprint density at radius 2 is 2.50 bits per heavy atom. The zero-order valence-electron chi connectivity index (χ0n) is 9.12. The number of carbonyl (C=O) groups is 1. The van der Waals surface area contributed by atoms with E-state index in [1.807, 2.05) is 6.92 Å². The third kappa shape index (κ3) is 2.14. The van der Waals surface area contributed by atoms with Crippen LogP contribution in [-0.4, -0.2) is 35.1 Å². The van der Waals surface area contributed by atoms with Gasteiger partial charge in [0, 0.05) is 24.5 Å². The van der Waals surface area contributed by atoms with Gasteiger partial charge in [-0.2, -0.15) is 0 Å². The van der Waals surface area contributed by atoms with Gasteiger partial charge in [-0.1, -0.05) is 5.16 Å². The second-order valence-electron chi connectivity index (χ2n) is 3.76. The zero-order valence-corrected chi connectivity index (χ0v) is 9.88. The van der Waals surface area contributed by atoms with Crippen LogP contribution < -0.4 is 5.32 Å². The van der Waals surface area contributed by atoms with Crippen LogP contribution >= 0.6 is 11.6 Å². The fraction of sp³-hybridized carbons (Fsp3) is 0.600. The fourth-order valence-electron chi connectivity index (χ4n) is 1.82. The highest BCUT2D eigenvalue weighted by Crippen LogP contribution is 2.21. The molecule has 0 saturated carbocycles. The third-order valence-electron chi connectivity index (χ3n) is 2.69. The average molecular weight is 244 g/mol. The number of carbonyl (C=O) groups excluding carboxylic acids is 1. The predicted octanol–water partition coefficient (Wildman–Crippen LogP) is 1.29. The first-order chi connectivity index (χ1) is 7.72. The van der Waals surface area contributed by atoms with Crippen LogP contribution in [0, 0.1) is 6.92 Å². The summed E-state index contributed by atoms with van der Waals surface area (Å²) in [6, 6.07) is -0.0969. The minimum Gasteiger partial charge on any atom is -0.359 e. The van der Waals surface area contributed by atoms with Gasteiger partial charge < -0.3 is 14.7 Å². The van der Waals surface area contributed by atoms with Gasteiger partial charge in [0.25, 0.3) is 0 Å². The third-order valence-corrected chi connectivity index (χ3v) is 2.88. The van der Waals surface area contributed by atoms with E-state index in [9.17, 15) is 4.79 Å². The molecule has 88 valence electrons. The van der Waals surface area contributed by atoms with Crippen molar-refractivity contribution in [3.63, 3.8) is 0 Å². The SMILES string of the molecule is Cc1noc2c1CCN(C(=O)NCCCl)C2. The van der Waals surface area contributed by atoms with Crippen LogP contribution in [0.3, 0.4) is 0 Å². The van der Waals surface area contributed by atoms with Gasteiger partial charge in [-0.25, -0.2) is 4.79 Å². The molecule has 0 unspecified atom stereocenters. The lowest BCUT2D eigenvalue weighted by Crippen LogP contribution is -2.43. The van der Waals surface area contributed by atoms with E-state index in [0.29, 0.717) is 25.5 Å². The Morgan fingerprint density at radius 3 is 3.25 bits per heavy atom. The number of aryl methyl sites for hydroxylation is 1. The molecule has 0 spiro atoms. The molecule has 1 aliphatic heterocycles. The number of nitrogens with one attached hydrogen (secondary N) is 1. The summed E-state index contributed by atoms with van der Waals surface area (Å²) >= 11 is 5.51. The molecule has 1 N–H and O–H groups in total. The number of fused-ring (bicyclic) bond motifs is 1. The van der Waals surface area contributed by atoms with E-state index < -0.39 is 0 Å². The number of urea groups is 1. The van der Waals surface area contributed by atoms with Gasteiger partial charge in [0.2, 0.25) is 0 Å². The highest BCUT2D eigenvalue weighted by atomic mass is 35.5. The topological polar surface area (TPSA) is 58.4 Å². The van der Waals surface area contributed by atoms with Crippen LogP contribution in [-0.2, 0) is 13.0 Å². The van der Waals surface area contributed by atoms with Gasteiger partial charge in [0.1, 0.15) is 0 Å². The standard InChI is InChI=1S/C10H14ClN3O2/c1-7-8-2-5-14(6-9(8)16-13-7)10(15)12-4-3-11/h2-6H2,1H3,(H,12,15). The number of hydrogen-bond acceptors (Lipinski definition) is 3. The molecule has 6 heteroatoms. The van der Waals surface area contributed by atoms with E-state index in [0.717, 1.165) is 23.4 Å². The molecule has 0 aliphatic carbocycles. The highest BCUT2D eigenvalue weighted by Gasteiger charge is 2.25. The Balaban J connectivity index is 2.00. The molecule has 1 aromatic heterocycles. The van der Waals surface area contributed by atoms with Crippen molar-refractivity contribution in [1.29, 1.82) is 0 Å². The Hall–Kier alpha value is -1.23. The van der Waals surface area contributed by atoms with E-state index >= 15 is 0 Å². The van der Waals surface area contributed by atoms with Gasteiger partial charge in [0.15, 0.2) is 5.76 Å². The Morgan fingerprint density at radius 1 is 1.69 bits per heavy atom. The average Bonchev–Trinajstić information content (AvgIpc) is 2.67. The second-order valence-corrected chi connectivity index (χ2v) is 4.14. The van der Waals surface area contributed by atoms with Crippen LogP contribution in [0.5, 0.6) is 0 Å². The minimum atomic E-state index is -0.0969. The maximum Gasteiger partial charge on any atom is 0.317 e. The Bertz CT molecular complexity index is 391. The van der Waals surface area contributed by atoms with E-state index in [1.54, 1.807) is 4.90 Å². The van der Waals surface area contributed by atoms with Gasteiger partial charge >= 0.3 is 6.03 Å². The Labute approximate surface area is 98.7 Å². The number of nitrogens with zero attached hydrogens (tertiary/aromatic N) is 2. The molecule has 2 heterocycles. The summed E-state index contributed by atoms with van der Waals surface area (Å²) in [6.45, 7) is 3.60. The van der Waals surface area contributed by atoms with E-state index in [1.165, 1.54) is 0 Å². The zero-order chi connectivity index (χ0) is 11.5. The molecule has 1 aromatic rings. The van der Waals surface area contributed by atoms with Crippen molar-refractivity contribution in [3.8, 4) is 0 Å². The largest absolute Gasteiger partial charge is 0.359 e. The molecule has 5 nitrogen and oxygen atoms in total. The highest BCUT2D eigenvalue weighted by molar-refractivity contribution is 6.18. The van der Waals surface area contributed by atoms with Crippen molar-refractivity contribution in [3.05, 3.63) is 17.0 Å². The van der Waals surface area contributed by atoms with Crippen LogP contribution in [0.25, 0.3) is 0 Å². The normalized spacial score (nSPS) is 14.8. The molecule has 0 saturated heterocycles. The summed E-state index contributed by atoms with van der Waals surface area (Å²) < 4.78 is 5.17. The number of amides is 2. The number of hydrogen-bond donors (Lipinski definition) is 1. The van der Waals surface area contributed by atoms with E-state index in [2.05, 4.69) is 10.5 Å². The maximum absolute atomic E-state index is 11.7. The van der Waals surface area contributed by atoms with Crippen LogP contribution in [0.15, 0.2) is 4.52 Å². The lowest BCUT2D eigenvalue weighted by atomic mass is 10.1. The van der Waals surface area contributed by atoms with Crippen molar-refractivity contribution >= 4 is 17.6 Å². The molecule has 16 heavy (non-hydrogen) atoms. The number of halogens is 1. The van der Waals surface area contributed by atoms with Gasteiger partial charge in [-0.15, -0.1) is 11.6 Å². The van der Waals surface area contributed by atoms with E-state index in [-0.39, 0.29) is 6.03 Å². The second kappa shape index (κ2) is 4.74. The molecular weight excluding hydrogens is 230 g/mol. The van der Waals surface area contributed by atoms with Crippen molar-refractivity contribution in [1.82, 2.24) is 15.4 Å². The molecule has 2 amide bonds. The number of alkyl halides is 1. The summed E-state index contributed by atoms with van der Waals surface area (Å²) in [4.78, 5) is 13.4. The van der Waals surface area contributed by atoms with Gasteiger partial charge in [-0.3, -0.25) is 0 Å². The lowest BCUT2D eigenvalue weighted by Gasteiger charge is -2.25.